The third-order valence-electron chi connectivity index (χ3n) is 4.58. The highest BCUT2D eigenvalue weighted by atomic mass is 28.4. The van der Waals surface area contributed by atoms with Crippen LogP contribution in [0.3, 0.4) is 0 Å². The Bertz CT molecular complexity index is 530. The summed E-state index contributed by atoms with van der Waals surface area (Å²) in [5.41, 5.74) is 1.25. The minimum Gasteiger partial charge on any atom is -0.458 e. The number of hydrogen-bond donors (Lipinski definition) is 0. The van der Waals surface area contributed by atoms with E-state index in [0.717, 1.165) is 12.8 Å². The van der Waals surface area contributed by atoms with Gasteiger partial charge in [-0.2, -0.15) is 0 Å². The highest BCUT2D eigenvalue weighted by molar-refractivity contribution is 6.74. The van der Waals surface area contributed by atoms with Gasteiger partial charge in [0, 0.05) is 6.92 Å². The molecule has 0 N–H and O–H groups in total. The van der Waals surface area contributed by atoms with Crippen molar-refractivity contribution in [3.63, 3.8) is 0 Å². The van der Waals surface area contributed by atoms with E-state index in [9.17, 15) is 4.79 Å². The van der Waals surface area contributed by atoms with E-state index >= 15 is 0 Å². The van der Waals surface area contributed by atoms with Crippen molar-refractivity contribution in [1.82, 2.24) is 0 Å². The van der Waals surface area contributed by atoms with Gasteiger partial charge in [0.05, 0.1) is 6.61 Å². The number of ether oxygens (including phenoxy) is 1. The first-order valence-corrected chi connectivity index (χ1v) is 11.5. The molecule has 0 aliphatic heterocycles. The molecular formula is C20H32O3Si. The number of carbonyl (C=O) groups excluding carboxylic acids is 1. The number of aryl methyl sites for hydroxylation is 1. The number of benzene rings is 1. The highest BCUT2D eigenvalue weighted by Crippen LogP contribution is 2.36. The Morgan fingerprint density at radius 3 is 2.38 bits per heavy atom. The molecule has 0 aromatic heterocycles. The van der Waals surface area contributed by atoms with Gasteiger partial charge >= 0.3 is 5.97 Å². The summed E-state index contributed by atoms with van der Waals surface area (Å²) in [6, 6.07) is 10.2. The molecule has 24 heavy (non-hydrogen) atoms. The molecule has 1 aromatic carbocycles. The molecule has 0 spiro atoms. The highest BCUT2D eigenvalue weighted by Gasteiger charge is 2.36. The van der Waals surface area contributed by atoms with Gasteiger partial charge in [0.25, 0.3) is 0 Å². The summed E-state index contributed by atoms with van der Waals surface area (Å²) in [5, 5.41) is 0.198. The molecule has 1 rings (SSSR count). The Morgan fingerprint density at radius 2 is 1.83 bits per heavy atom. The Balaban J connectivity index is 2.54. The van der Waals surface area contributed by atoms with Gasteiger partial charge in [-0.3, -0.25) is 4.79 Å². The summed E-state index contributed by atoms with van der Waals surface area (Å²) in [4.78, 5) is 11.3. The van der Waals surface area contributed by atoms with E-state index in [4.69, 9.17) is 9.16 Å². The van der Waals surface area contributed by atoms with Crippen molar-refractivity contribution in [3.05, 3.63) is 48.0 Å². The number of esters is 1. The second-order valence-corrected chi connectivity index (χ2v) is 12.5. The molecule has 0 amide bonds. The molecule has 134 valence electrons. The molecule has 1 unspecified atom stereocenters. The fraction of sp³-hybridized carbons (Fsp3) is 0.550. The van der Waals surface area contributed by atoms with Crippen molar-refractivity contribution >= 4 is 14.3 Å². The monoisotopic (exact) mass is 348 g/mol. The normalized spacial score (nSPS) is 13.9. The van der Waals surface area contributed by atoms with E-state index in [0.29, 0.717) is 6.61 Å². The lowest BCUT2D eigenvalue weighted by Crippen LogP contribution is -2.40. The van der Waals surface area contributed by atoms with Crippen LogP contribution in [0, 0.1) is 0 Å². The molecule has 0 radical (unpaired) electrons. The minimum atomic E-state index is -1.74. The molecule has 0 fully saturated rings. The first-order chi connectivity index (χ1) is 11.1. The maximum Gasteiger partial charge on any atom is 0.303 e. The molecule has 0 aliphatic rings. The lowest BCUT2D eigenvalue weighted by molar-refractivity contribution is -0.144. The maximum atomic E-state index is 11.3. The van der Waals surface area contributed by atoms with E-state index < -0.39 is 8.32 Å². The van der Waals surface area contributed by atoms with Crippen LogP contribution in [-0.4, -0.2) is 27.0 Å². The Hall–Kier alpha value is -1.39. The first kappa shape index (κ1) is 20.7. The standard InChI is InChI=1S/C20H32O3Si/c1-17(21)23-19(15-14-18-11-8-7-9-12-18)13-10-16-22-24(5,6)20(2,3)4/h7-13,19H,14-16H2,1-6H3/b13-10+. The lowest BCUT2D eigenvalue weighted by Gasteiger charge is -2.35. The predicted molar refractivity (Wildman–Crippen MR) is 103 cm³/mol. The van der Waals surface area contributed by atoms with Crippen LogP contribution in [0.5, 0.6) is 0 Å². The van der Waals surface area contributed by atoms with Crippen LogP contribution in [0.25, 0.3) is 0 Å². The van der Waals surface area contributed by atoms with Gasteiger partial charge in [-0.05, 0) is 42.6 Å². The van der Waals surface area contributed by atoms with Crippen molar-refractivity contribution < 1.29 is 14.0 Å². The topological polar surface area (TPSA) is 35.5 Å². The molecule has 1 aromatic rings. The largest absolute Gasteiger partial charge is 0.458 e. The van der Waals surface area contributed by atoms with Crippen LogP contribution >= 0.6 is 0 Å². The smallest absolute Gasteiger partial charge is 0.303 e. The second-order valence-electron chi connectivity index (χ2n) is 7.67. The lowest BCUT2D eigenvalue weighted by atomic mass is 10.1. The molecule has 0 saturated heterocycles. The zero-order valence-electron chi connectivity index (χ0n) is 16.0. The summed E-state index contributed by atoms with van der Waals surface area (Å²) < 4.78 is 11.5. The Morgan fingerprint density at radius 1 is 1.21 bits per heavy atom. The summed E-state index contributed by atoms with van der Waals surface area (Å²) >= 11 is 0. The van der Waals surface area contributed by atoms with Gasteiger partial charge in [-0.15, -0.1) is 0 Å². The van der Waals surface area contributed by atoms with Gasteiger partial charge in [-0.1, -0.05) is 57.2 Å². The maximum absolute atomic E-state index is 11.3. The minimum absolute atomic E-state index is 0.198. The van der Waals surface area contributed by atoms with Crippen LogP contribution in [0.2, 0.25) is 18.1 Å². The van der Waals surface area contributed by atoms with Crippen LogP contribution in [-0.2, 0) is 20.4 Å². The van der Waals surface area contributed by atoms with E-state index in [-0.39, 0.29) is 17.1 Å². The SMILES string of the molecule is CC(=O)OC(/C=C/CO[Si](C)(C)C(C)(C)C)CCc1ccccc1. The molecular weight excluding hydrogens is 316 g/mol. The number of hydrogen-bond acceptors (Lipinski definition) is 3. The molecule has 1 atom stereocenters. The van der Waals surface area contributed by atoms with Gasteiger partial charge in [0.1, 0.15) is 6.10 Å². The van der Waals surface area contributed by atoms with Crippen molar-refractivity contribution in [2.75, 3.05) is 6.61 Å². The summed E-state index contributed by atoms with van der Waals surface area (Å²) in [6.45, 7) is 13.2. The zero-order chi connectivity index (χ0) is 18.2. The van der Waals surface area contributed by atoms with Crippen LogP contribution in [0.4, 0.5) is 0 Å². The zero-order valence-corrected chi connectivity index (χ0v) is 17.0. The van der Waals surface area contributed by atoms with Gasteiger partial charge in [-0.25, -0.2) is 0 Å². The Labute approximate surface area is 148 Å². The average molecular weight is 349 g/mol. The second kappa shape index (κ2) is 9.18. The third-order valence-corrected chi connectivity index (χ3v) is 9.08. The summed E-state index contributed by atoms with van der Waals surface area (Å²) in [7, 11) is -1.74. The van der Waals surface area contributed by atoms with Crippen LogP contribution < -0.4 is 0 Å². The molecule has 4 heteroatoms. The van der Waals surface area contributed by atoms with Crippen molar-refractivity contribution in [2.24, 2.45) is 0 Å². The third kappa shape index (κ3) is 7.45. The first-order valence-electron chi connectivity index (χ1n) is 8.63. The molecule has 0 aliphatic carbocycles. The fourth-order valence-electron chi connectivity index (χ4n) is 2.04. The van der Waals surface area contributed by atoms with Crippen LogP contribution in [0.1, 0.15) is 39.7 Å². The fourth-order valence-corrected chi connectivity index (χ4v) is 2.99. The molecule has 0 heterocycles. The van der Waals surface area contributed by atoms with Gasteiger partial charge < -0.3 is 9.16 Å². The predicted octanol–water partition coefficient (Wildman–Crippen LogP) is 5.13. The van der Waals surface area contributed by atoms with Crippen LogP contribution in [0.15, 0.2) is 42.5 Å². The number of rotatable bonds is 8. The Kier molecular flexibility index (Phi) is 7.90. The molecule has 0 bridgehead atoms. The van der Waals surface area contributed by atoms with Crippen molar-refractivity contribution in [1.29, 1.82) is 0 Å². The van der Waals surface area contributed by atoms with E-state index in [1.54, 1.807) is 0 Å². The molecule has 0 saturated carbocycles. The van der Waals surface area contributed by atoms with E-state index in [1.807, 2.05) is 30.4 Å². The quantitative estimate of drug-likeness (QED) is 0.371. The summed E-state index contributed by atoms with van der Waals surface area (Å²) in [5.74, 6) is -0.247. The van der Waals surface area contributed by atoms with Gasteiger partial charge in [0.2, 0.25) is 0 Å². The summed E-state index contributed by atoms with van der Waals surface area (Å²) in [6.07, 6.45) is 5.40. The van der Waals surface area contributed by atoms with Crippen molar-refractivity contribution in [3.8, 4) is 0 Å². The van der Waals surface area contributed by atoms with Crippen molar-refractivity contribution in [2.45, 2.75) is 64.8 Å². The van der Waals surface area contributed by atoms with E-state index in [2.05, 4.69) is 46.0 Å². The average Bonchev–Trinajstić information content (AvgIpc) is 2.48. The molecule has 3 nitrogen and oxygen atoms in total. The van der Waals surface area contributed by atoms with E-state index in [1.165, 1.54) is 12.5 Å². The number of carbonyl (C=O) groups is 1. The van der Waals surface area contributed by atoms with Gasteiger partial charge in [0.15, 0.2) is 8.32 Å².